The second kappa shape index (κ2) is 8.49. The molecule has 2 aromatic carbocycles. The molecule has 1 aliphatic rings. The van der Waals surface area contributed by atoms with E-state index in [1.807, 2.05) is 12.1 Å². The predicted molar refractivity (Wildman–Crippen MR) is 99.5 cm³/mol. The van der Waals surface area contributed by atoms with E-state index in [4.69, 9.17) is 4.74 Å². The topological polar surface area (TPSA) is 43.4 Å². The van der Waals surface area contributed by atoms with Crippen molar-refractivity contribution in [3.8, 4) is 0 Å². The zero-order valence-corrected chi connectivity index (χ0v) is 14.6. The van der Waals surface area contributed by atoms with Crippen LogP contribution < -0.4 is 0 Å². The molecule has 25 heavy (non-hydrogen) atoms. The lowest BCUT2D eigenvalue weighted by Gasteiger charge is -2.11. The third-order valence-electron chi connectivity index (χ3n) is 3.72. The third kappa shape index (κ3) is 4.70. The molecule has 0 aliphatic heterocycles. The molecule has 0 N–H and O–H groups in total. The molecule has 0 spiro atoms. The maximum Gasteiger partial charge on any atom is 0.220 e. The minimum absolute atomic E-state index is 0.0387. The number of hydrogen-bond donors (Lipinski definition) is 0. The van der Waals surface area contributed by atoms with E-state index in [1.165, 1.54) is 28.0 Å². The Kier molecular flexibility index (Phi) is 5.86. The van der Waals surface area contributed by atoms with Crippen molar-refractivity contribution in [1.29, 1.82) is 0 Å². The normalized spacial score (nSPS) is 13.9. The highest BCUT2D eigenvalue weighted by Crippen LogP contribution is 2.24. The highest BCUT2D eigenvalue weighted by Gasteiger charge is 2.24. The Labute approximate surface area is 150 Å². The molecule has 3 nitrogen and oxygen atoms in total. The first-order valence-electron chi connectivity index (χ1n) is 8.16. The smallest absolute Gasteiger partial charge is 0.220 e. The van der Waals surface area contributed by atoms with Crippen molar-refractivity contribution in [3.05, 3.63) is 84.7 Å². The van der Waals surface area contributed by atoms with Crippen LogP contribution in [0.3, 0.4) is 0 Å². The summed E-state index contributed by atoms with van der Waals surface area (Å²) in [5.41, 5.74) is 0. The summed E-state index contributed by atoms with van der Waals surface area (Å²) in [5.74, 6) is 0.624. The Hall–Kier alpha value is -2.59. The number of benzene rings is 2. The van der Waals surface area contributed by atoms with Crippen LogP contribution in [0.5, 0.6) is 0 Å². The van der Waals surface area contributed by atoms with Gasteiger partial charge >= 0.3 is 0 Å². The summed E-state index contributed by atoms with van der Waals surface area (Å²) in [5, 5.41) is 0. The fourth-order valence-electron chi connectivity index (χ4n) is 2.53. The van der Waals surface area contributed by atoms with E-state index in [0.29, 0.717) is 6.61 Å². The van der Waals surface area contributed by atoms with Gasteiger partial charge < -0.3 is 4.74 Å². The number of rotatable bonds is 7. The summed E-state index contributed by atoms with van der Waals surface area (Å²) >= 11 is 0. The summed E-state index contributed by atoms with van der Waals surface area (Å²) in [4.78, 5) is 25.6. The van der Waals surface area contributed by atoms with E-state index in [1.54, 1.807) is 0 Å². The number of ether oxygens (including phenoxy) is 1. The van der Waals surface area contributed by atoms with Crippen LogP contribution in [0.4, 0.5) is 0 Å². The van der Waals surface area contributed by atoms with E-state index in [2.05, 4.69) is 48.5 Å². The number of allylic oxidation sites excluding steroid dienone is 3. The number of ketones is 2. The van der Waals surface area contributed by atoms with Crippen molar-refractivity contribution >= 4 is 22.5 Å². The van der Waals surface area contributed by atoms with Crippen LogP contribution in [-0.2, 0) is 25.2 Å². The molecule has 0 fully saturated rings. The van der Waals surface area contributed by atoms with Crippen LogP contribution >= 0.6 is 0 Å². The third-order valence-corrected chi connectivity index (χ3v) is 6.10. The minimum atomic E-state index is -0.246. The highest BCUT2D eigenvalue weighted by atomic mass is 32.2. The zero-order valence-electron chi connectivity index (χ0n) is 13.8. The van der Waals surface area contributed by atoms with E-state index in [9.17, 15) is 9.59 Å². The van der Waals surface area contributed by atoms with Crippen LogP contribution in [0.1, 0.15) is 6.42 Å². The van der Waals surface area contributed by atoms with Gasteiger partial charge in [-0.2, -0.15) is 0 Å². The maximum absolute atomic E-state index is 11.7. The van der Waals surface area contributed by atoms with Gasteiger partial charge in [0.05, 0.1) is 17.5 Å². The lowest BCUT2D eigenvalue weighted by atomic mass is 10.1. The molecule has 2 aromatic rings. The molecule has 0 radical (unpaired) electrons. The largest absolute Gasteiger partial charge is 0.489 e. The minimum Gasteiger partial charge on any atom is -0.489 e. The van der Waals surface area contributed by atoms with Gasteiger partial charge in [-0.1, -0.05) is 36.4 Å². The molecule has 0 bridgehead atoms. The predicted octanol–water partition coefficient (Wildman–Crippen LogP) is 3.72. The Morgan fingerprint density at radius 3 is 2.00 bits per heavy atom. The van der Waals surface area contributed by atoms with Gasteiger partial charge in [0.1, 0.15) is 5.75 Å². The van der Waals surface area contributed by atoms with Crippen LogP contribution in [0, 0.1) is 0 Å². The zero-order chi connectivity index (χ0) is 17.5. The summed E-state index contributed by atoms with van der Waals surface area (Å²) in [7, 11) is -0.0387. The number of hydrogen-bond acceptors (Lipinski definition) is 3. The molecule has 4 heteroatoms. The van der Waals surface area contributed by atoms with Crippen molar-refractivity contribution in [3.63, 3.8) is 0 Å². The summed E-state index contributed by atoms with van der Waals surface area (Å²) in [6.45, 7) is 0.419. The van der Waals surface area contributed by atoms with E-state index in [-0.39, 0.29) is 28.2 Å². The number of carbonyl (C=O) groups is 2. The molecule has 0 unspecified atom stereocenters. The van der Waals surface area contributed by atoms with Gasteiger partial charge in [-0.25, -0.2) is 0 Å². The highest BCUT2D eigenvalue weighted by molar-refractivity contribution is 7.97. The SMILES string of the molecule is O=C1C=CC(=O)C(OCCC[S+](c2ccccc2)c2ccccc2)=C1. The van der Waals surface area contributed by atoms with Crippen LogP contribution in [-0.4, -0.2) is 23.9 Å². The van der Waals surface area contributed by atoms with E-state index < -0.39 is 0 Å². The molecule has 0 aromatic heterocycles. The summed E-state index contributed by atoms with van der Waals surface area (Å²) in [6.07, 6.45) is 4.58. The molecule has 0 amide bonds. The maximum atomic E-state index is 11.7. The summed E-state index contributed by atoms with van der Waals surface area (Å²) < 4.78 is 5.53. The van der Waals surface area contributed by atoms with E-state index in [0.717, 1.165) is 12.2 Å². The van der Waals surface area contributed by atoms with Gasteiger partial charge in [0.25, 0.3) is 0 Å². The lowest BCUT2D eigenvalue weighted by Crippen LogP contribution is -2.14. The van der Waals surface area contributed by atoms with Crippen LogP contribution in [0.15, 0.2) is 94.4 Å². The van der Waals surface area contributed by atoms with Crippen molar-refractivity contribution in [1.82, 2.24) is 0 Å². The van der Waals surface area contributed by atoms with Gasteiger partial charge in [0, 0.05) is 12.5 Å². The van der Waals surface area contributed by atoms with Crippen LogP contribution in [0.25, 0.3) is 0 Å². The molecule has 1 aliphatic carbocycles. The standard InChI is InChI=1S/C21H19O3S/c22-17-12-13-20(23)21(16-17)24-14-7-15-25(18-8-3-1-4-9-18)19-10-5-2-6-11-19/h1-6,8-13,16H,7,14-15H2/q+1. The molecule has 3 rings (SSSR count). The second-order valence-corrected chi connectivity index (χ2v) is 7.66. The summed E-state index contributed by atoms with van der Waals surface area (Å²) in [6, 6.07) is 20.8. The quantitative estimate of drug-likeness (QED) is 0.434. The fourth-order valence-corrected chi connectivity index (χ4v) is 4.65. The Morgan fingerprint density at radius 1 is 0.800 bits per heavy atom. The van der Waals surface area contributed by atoms with Crippen molar-refractivity contribution < 1.29 is 14.3 Å². The molecular formula is C21H19O3S+. The van der Waals surface area contributed by atoms with Crippen LogP contribution in [0.2, 0.25) is 0 Å². The Morgan fingerprint density at radius 2 is 1.40 bits per heavy atom. The van der Waals surface area contributed by atoms with Gasteiger partial charge in [-0.3, -0.25) is 9.59 Å². The molecule has 0 atom stereocenters. The molecule has 126 valence electrons. The second-order valence-electron chi connectivity index (χ2n) is 5.53. The Bertz CT molecular complexity index is 755. The lowest BCUT2D eigenvalue weighted by molar-refractivity contribution is -0.117. The molecule has 0 saturated heterocycles. The number of carbonyl (C=O) groups excluding carboxylic acids is 2. The first-order valence-corrected chi connectivity index (χ1v) is 9.55. The van der Waals surface area contributed by atoms with Gasteiger partial charge in [0.2, 0.25) is 5.78 Å². The first-order chi connectivity index (χ1) is 12.2. The van der Waals surface area contributed by atoms with Crippen molar-refractivity contribution in [2.75, 3.05) is 12.4 Å². The van der Waals surface area contributed by atoms with Gasteiger partial charge in [-0.05, 0) is 36.4 Å². The molecule has 0 heterocycles. The average molecular weight is 351 g/mol. The van der Waals surface area contributed by atoms with E-state index >= 15 is 0 Å². The van der Waals surface area contributed by atoms with Gasteiger partial charge in [0.15, 0.2) is 21.3 Å². The average Bonchev–Trinajstić information content (AvgIpc) is 2.66. The monoisotopic (exact) mass is 351 g/mol. The fraction of sp³-hybridized carbons (Fsp3) is 0.143. The first kappa shape index (κ1) is 17.2. The van der Waals surface area contributed by atoms with Gasteiger partial charge in [-0.15, -0.1) is 0 Å². The molecular weight excluding hydrogens is 332 g/mol. The van der Waals surface area contributed by atoms with Crippen molar-refractivity contribution in [2.45, 2.75) is 16.2 Å². The molecule has 0 saturated carbocycles. The van der Waals surface area contributed by atoms with Crippen molar-refractivity contribution in [2.24, 2.45) is 0 Å². The Balaban J connectivity index is 1.62.